The summed E-state index contributed by atoms with van der Waals surface area (Å²) in [6.07, 6.45) is 5.91. The molecule has 0 atom stereocenters. The van der Waals surface area contributed by atoms with Gasteiger partial charge in [0.2, 0.25) is 0 Å². The number of hydrogen-bond donors (Lipinski definition) is 3. The summed E-state index contributed by atoms with van der Waals surface area (Å²) in [5, 5.41) is 5.97. The van der Waals surface area contributed by atoms with Gasteiger partial charge in [-0.05, 0) is 18.6 Å². The number of H-pyrrole nitrogens is 1. The molecular weight excluding hydrogens is 242 g/mol. The van der Waals surface area contributed by atoms with Gasteiger partial charge in [-0.1, -0.05) is 6.92 Å². The summed E-state index contributed by atoms with van der Waals surface area (Å²) in [6, 6.07) is 3.51. The minimum atomic E-state index is -0.152. The summed E-state index contributed by atoms with van der Waals surface area (Å²) >= 11 is 0. The van der Waals surface area contributed by atoms with Crippen molar-refractivity contribution < 1.29 is 4.79 Å². The van der Waals surface area contributed by atoms with E-state index in [-0.39, 0.29) is 5.91 Å². The van der Waals surface area contributed by atoms with Crippen molar-refractivity contribution in [2.45, 2.75) is 19.9 Å². The highest BCUT2D eigenvalue weighted by Crippen LogP contribution is 2.11. The Balaban J connectivity index is 2.01. The molecule has 3 N–H and O–H groups in total. The fourth-order valence-corrected chi connectivity index (χ4v) is 1.62. The minimum absolute atomic E-state index is 0.152. The van der Waals surface area contributed by atoms with E-state index in [1.807, 2.05) is 0 Å². The van der Waals surface area contributed by atoms with Crippen molar-refractivity contribution >= 4 is 11.7 Å². The first-order valence-corrected chi connectivity index (χ1v) is 6.25. The van der Waals surface area contributed by atoms with Gasteiger partial charge in [0, 0.05) is 18.9 Å². The van der Waals surface area contributed by atoms with Crippen LogP contribution in [0.1, 0.15) is 29.4 Å². The predicted molar refractivity (Wildman–Crippen MR) is 72.8 cm³/mol. The van der Waals surface area contributed by atoms with Crippen LogP contribution in [0.4, 0.5) is 5.82 Å². The first-order chi connectivity index (χ1) is 9.31. The van der Waals surface area contributed by atoms with Crippen LogP contribution in [0.5, 0.6) is 0 Å². The Morgan fingerprint density at radius 2 is 2.37 bits per heavy atom. The molecule has 6 heteroatoms. The number of nitrogens with one attached hydrogen (secondary N) is 3. The fourth-order valence-electron chi connectivity index (χ4n) is 1.62. The number of amides is 1. The van der Waals surface area contributed by atoms with E-state index in [0.717, 1.165) is 18.7 Å². The molecule has 1 amide bonds. The molecule has 2 rings (SSSR count). The molecule has 2 heterocycles. The maximum atomic E-state index is 12.1. The number of pyridine rings is 1. The van der Waals surface area contributed by atoms with Gasteiger partial charge in [0.25, 0.3) is 5.91 Å². The smallest absolute Gasteiger partial charge is 0.255 e. The molecule has 0 aromatic carbocycles. The van der Waals surface area contributed by atoms with Gasteiger partial charge >= 0.3 is 0 Å². The van der Waals surface area contributed by atoms with Crippen LogP contribution in [0.3, 0.4) is 0 Å². The number of rotatable bonds is 6. The largest absolute Gasteiger partial charge is 0.369 e. The molecule has 0 aliphatic rings. The highest BCUT2D eigenvalue weighted by molar-refractivity contribution is 5.98. The molecule has 0 fully saturated rings. The van der Waals surface area contributed by atoms with Crippen LogP contribution in [0.2, 0.25) is 0 Å². The maximum Gasteiger partial charge on any atom is 0.255 e. The van der Waals surface area contributed by atoms with Gasteiger partial charge in [0.05, 0.1) is 24.1 Å². The van der Waals surface area contributed by atoms with E-state index in [1.54, 1.807) is 30.9 Å². The van der Waals surface area contributed by atoms with Gasteiger partial charge in [-0.25, -0.2) is 9.97 Å². The number of imidazole rings is 1. The van der Waals surface area contributed by atoms with E-state index >= 15 is 0 Å². The third-order valence-corrected chi connectivity index (χ3v) is 2.59. The van der Waals surface area contributed by atoms with Crippen molar-refractivity contribution in [1.29, 1.82) is 0 Å². The third kappa shape index (κ3) is 3.54. The number of carbonyl (C=O) groups is 1. The topological polar surface area (TPSA) is 82.7 Å². The Morgan fingerprint density at radius 1 is 1.47 bits per heavy atom. The van der Waals surface area contributed by atoms with E-state index < -0.39 is 0 Å². The van der Waals surface area contributed by atoms with E-state index in [0.29, 0.717) is 17.9 Å². The normalized spacial score (nSPS) is 10.2. The van der Waals surface area contributed by atoms with Crippen LogP contribution in [0.15, 0.2) is 30.9 Å². The first-order valence-electron chi connectivity index (χ1n) is 6.25. The number of aromatic nitrogens is 3. The number of hydrogen-bond acceptors (Lipinski definition) is 4. The number of aromatic amines is 1. The van der Waals surface area contributed by atoms with E-state index in [9.17, 15) is 4.79 Å². The maximum absolute atomic E-state index is 12.1. The van der Waals surface area contributed by atoms with Gasteiger partial charge in [-0.2, -0.15) is 0 Å². The summed E-state index contributed by atoms with van der Waals surface area (Å²) in [5.41, 5.74) is 1.41. The fraction of sp³-hybridized carbons (Fsp3) is 0.308. The summed E-state index contributed by atoms with van der Waals surface area (Å²) in [6.45, 7) is 3.27. The zero-order chi connectivity index (χ0) is 13.5. The zero-order valence-corrected chi connectivity index (χ0v) is 10.8. The van der Waals surface area contributed by atoms with E-state index in [1.165, 1.54) is 0 Å². The van der Waals surface area contributed by atoms with Crippen LogP contribution in [0.25, 0.3) is 0 Å². The monoisotopic (exact) mass is 259 g/mol. The Labute approximate surface area is 111 Å². The van der Waals surface area contributed by atoms with E-state index in [4.69, 9.17) is 0 Å². The number of carbonyl (C=O) groups excluding carboxylic acids is 1. The molecule has 100 valence electrons. The lowest BCUT2D eigenvalue weighted by atomic mass is 10.2. The predicted octanol–water partition coefficient (Wildman–Crippen LogP) is 1.56. The van der Waals surface area contributed by atoms with Crippen LogP contribution in [-0.4, -0.2) is 27.4 Å². The highest BCUT2D eigenvalue weighted by Gasteiger charge is 2.11. The lowest BCUT2D eigenvalue weighted by Crippen LogP contribution is -2.24. The van der Waals surface area contributed by atoms with Crippen LogP contribution in [0, 0.1) is 0 Å². The minimum Gasteiger partial charge on any atom is -0.369 e. The molecule has 19 heavy (non-hydrogen) atoms. The van der Waals surface area contributed by atoms with Crippen molar-refractivity contribution in [1.82, 2.24) is 20.3 Å². The average Bonchev–Trinajstić information content (AvgIpc) is 2.96. The molecule has 2 aromatic heterocycles. The quantitative estimate of drug-likeness (QED) is 0.735. The van der Waals surface area contributed by atoms with Gasteiger partial charge < -0.3 is 15.6 Å². The summed E-state index contributed by atoms with van der Waals surface area (Å²) in [5.74, 6) is 0.466. The van der Waals surface area contributed by atoms with Gasteiger partial charge in [-0.3, -0.25) is 4.79 Å². The van der Waals surface area contributed by atoms with E-state index in [2.05, 4.69) is 32.5 Å². The van der Waals surface area contributed by atoms with Crippen LogP contribution < -0.4 is 10.6 Å². The van der Waals surface area contributed by atoms with Gasteiger partial charge in [0.1, 0.15) is 5.82 Å². The lowest BCUT2D eigenvalue weighted by molar-refractivity contribution is 0.0951. The van der Waals surface area contributed by atoms with Crippen molar-refractivity contribution in [3.05, 3.63) is 42.1 Å². The molecule has 0 bridgehead atoms. The SMILES string of the molecule is CCCNc1ncccc1C(=O)NCc1cnc[nH]1. The lowest BCUT2D eigenvalue weighted by Gasteiger charge is -2.10. The molecular formula is C13H17N5O. The van der Waals surface area contributed by atoms with Gasteiger partial charge in [-0.15, -0.1) is 0 Å². The molecule has 2 aromatic rings. The molecule has 0 aliphatic carbocycles. The Hall–Kier alpha value is -2.37. The Kier molecular flexibility index (Phi) is 4.49. The molecule has 0 saturated carbocycles. The van der Waals surface area contributed by atoms with Crippen LogP contribution in [-0.2, 0) is 6.54 Å². The standard InChI is InChI=1S/C13H17N5O/c1-2-5-15-12-11(4-3-6-16-12)13(19)17-8-10-7-14-9-18-10/h3-4,6-7,9H,2,5,8H2,1H3,(H,14,18)(H,15,16)(H,17,19). The number of nitrogens with zero attached hydrogens (tertiary/aromatic N) is 2. The number of anilines is 1. The molecule has 6 nitrogen and oxygen atoms in total. The third-order valence-electron chi connectivity index (χ3n) is 2.59. The molecule has 0 saturated heterocycles. The summed E-state index contributed by atoms with van der Waals surface area (Å²) in [7, 11) is 0. The molecule has 0 spiro atoms. The van der Waals surface area contributed by atoms with Crippen molar-refractivity contribution in [3.8, 4) is 0 Å². The van der Waals surface area contributed by atoms with Crippen molar-refractivity contribution in [3.63, 3.8) is 0 Å². The molecule has 0 radical (unpaired) electrons. The Bertz CT molecular complexity index is 524. The first kappa shape index (κ1) is 13.1. The second-order valence-corrected chi connectivity index (χ2v) is 4.09. The summed E-state index contributed by atoms with van der Waals surface area (Å²) < 4.78 is 0. The second kappa shape index (κ2) is 6.53. The zero-order valence-electron chi connectivity index (χ0n) is 10.8. The second-order valence-electron chi connectivity index (χ2n) is 4.09. The average molecular weight is 259 g/mol. The van der Waals surface area contributed by atoms with Crippen molar-refractivity contribution in [2.75, 3.05) is 11.9 Å². The van der Waals surface area contributed by atoms with Gasteiger partial charge in [0.15, 0.2) is 0 Å². The summed E-state index contributed by atoms with van der Waals surface area (Å²) in [4.78, 5) is 23.1. The molecule has 0 aliphatic heterocycles. The Morgan fingerprint density at radius 3 is 3.11 bits per heavy atom. The van der Waals surface area contributed by atoms with Crippen molar-refractivity contribution in [2.24, 2.45) is 0 Å². The highest BCUT2D eigenvalue weighted by atomic mass is 16.1. The van der Waals surface area contributed by atoms with Crippen LogP contribution >= 0.6 is 0 Å². The molecule has 0 unspecified atom stereocenters.